The van der Waals surface area contributed by atoms with E-state index in [1.807, 2.05) is 31.2 Å². The lowest BCUT2D eigenvalue weighted by molar-refractivity contribution is -0.125. The summed E-state index contributed by atoms with van der Waals surface area (Å²) in [7, 11) is 1.55. The molecule has 0 saturated carbocycles. The fraction of sp³-hybridized carbons (Fsp3) is 0.231. The van der Waals surface area contributed by atoms with Gasteiger partial charge in [-0.15, -0.1) is 0 Å². The second kappa shape index (κ2) is 9.65. The zero-order chi connectivity index (χ0) is 23.4. The van der Waals surface area contributed by atoms with Crippen molar-refractivity contribution in [2.75, 3.05) is 30.5 Å². The third kappa shape index (κ3) is 5.09. The molecule has 1 N–H and O–H groups in total. The second-order valence-corrected chi connectivity index (χ2v) is 7.78. The summed E-state index contributed by atoms with van der Waals surface area (Å²) < 4.78 is 16.8. The molecule has 0 aromatic heterocycles. The fourth-order valence-electron chi connectivity index (χ4n) is 3.65. The lowest BCUT2D eigenvalue weighted by Crippen LogP contribution is -2.46. The Bertz CT molecular complexity index is 1180. The van der Waals surface area contributed by atoms with E-state index in [1.54, 1.807) is 61.4 Å². The molecule has 2 amide bonds. The maximum Gasteiger partial charge on any atom is 0.267 e. The molecule has 3 aromatic carbocycles. The highest BCUT2D eigenvalue weighted by Crippen LogP contribution is 2.36. The van der Waals surface area contributed by atoms with E-state index < -0.39 is 6.10 Å². The fourth-order valence-corrected chi connectivity index (χ4v) is 3.65. The van der Waals surface area contributed by atoms with Crippen LogP contribution in [-0.4, -0.2) is 38.2 Å². The van der Waals surface area contributed by atoms with Gasteiger partial charge in [0.2, 0.25) is 0 Å². The predicted molar refractivity (Wildman–Crippen MR) is 127 cm³/mol. The van der Waals surface area contributed by atoms with Gasteiger partial charge in [0.05, 0.1) is 19.3 Å². The maximum absolute atomic E-state index is 12.8. The maximum atomic E-state index is 12.8. The second-order valence-electron chi connectivity index (χ2n) is 7.78. The van der Waals surface area contributed by atoms with E-state index in [9.17, 15) is 9.59 Å². The van der Waals surface area contributed by atoms with Gasteiger partial charge in [0.25, 0.3) is 11.8 Å². The van der Waals surface area contributed by atoms with Gasteiger partial charge < -0.3 is 24.4 Å². The number of carbonyl (C=O) groups is 2. The molecule has 0 bridgehead atoms. The lowest BCUT2D eigenvalue weighted by atomic mass is 10.1. The largest absolute Gasteiger partial charge is 0.497 e. The number of benzene rings is 3. The molecule has 3 aromatic rings. The van der Waals surface area contributed by atoms with Crippen LogP contribution in [0.3, 0.4) is 0 Å². The lowest BCUT2D eigenvalue weighted by Gasteiger charge is -2.33. The van der Waals surface area contributed by atoms with Gasteiger partial charge in [-0.1, -0.05) is 18.2 Å². The molecule has 0 spiro atoms. The predicted octanol–water partition coefficient (Wildman–Crippen LogP) is 4.45. The third-order valence-corrected chi connectivity index (χ3v) is 5.33. The quantitative estimate of drug-likeness (QED) is 0.580. The molecule has 0 radical (unpaired) electrons. The molecular weight excluding hydrogens is 420 g/mol. The molecule has 0 fully saturated rings. The molecule has 1 heterocycles. The standard InChI is InChI=1S/C26H26N2O5/c1-17-6-4-9-22(14-17)32-13-12-28-23-11-10-20(16-24(23)33-18(2)26(28)30)27-25(29)19-7-5-8-21(15-19)31-3/h4-11,14-16,18H,12-13H2,1-3H3,(H,27,29). The average Bonchev–Trinajstić information content (AvgIpc) is 2.81. The number of aryl methyl sites for hydroxylation is 1. The van der Waals surface area contributed by atoms with Crippen LogP contribution in [0.15, 0.2) is 66.7 Å². The molecule has 1 atom stereocenters. The summed E-state index contributed by atoms with van der Waals surface area (Å²) in [4.78, 5) is 27.1. The van der Waals surface area contributed by atoms with Crippen molar-refractivity contribution in [2.45, 2.75) is 20.0 Å². The first-order valence-electron chi connectivity index (χ1n) is 10.7. The van der Waals surface area contributed by atoms with E-state index in [0.717, 1.165) is 11.3 Å². The summed E-state index contributed by atoms with van der Waals surface area (Å²) in [5.74, 6) is 1.49. The van der Waals surface area contributed by atoms with Gasteiger partial charge in [-0.05, 0) is 61.9 Å². The summed E-state index contributed by atoms with van der Waals surface area (Å²) in [5.41, 5.74) is 2.80. The van der Waals surface area contributed by atoms with Gasteiger partial charge >= 0.3 is 0 Å². The number of rotatable bonds is 7. The highest BCUT2D eigenvalue weighted by atomic mass is 16.5. The number of amides is 2. The number of fused-ring (bicyclic) bond motifs is 1. The van der Waals surface area contributed by atoms with Crippen LogP contribution in [0.5, 0.6) is 17.2 Å². The summed E-state index contributed by atoms with van der Waals surface area (Å²) in [5, 5.41) is 2.87. The Morgan fingerprint density at radius 2 is 1.85 bits per heavy atom. The van der Waals surface area contributed by atoms with Crippen LogP contribution in [0, 0.1) is 6.92 Å². The molecule has 170 valence electrons. The van der Waals surface area contributed by atoms with Crippen LogP contribution in [0.1, 0.15) is 22.8 Å². The topological polar surface area (TPSA) is 77.1 Å². The van der Waals surface area contributed by atoms with Crippen molar-refractivity contribution in [3.8, 4) is 17.2 Å². The minimum atomic E-state index is -0.638. The van der Waals surface area contributed by atoms with Gasteiger partial charge in [0, 0.05) is 17.3 Å². The molecule has 7 heteroatoms. The molecule has 4 rings (SSSR count). The number of carbonyl (C=O) groups excluding carboxylic acids is 2. The average molecular weight is 447 g/mol. The number of nitrogens with one attached hydrogen (secondary N) is 1. The summed E-state index contributed by atoms with van der Waals surface area (Å²) in [6.07, 6.45) is -0.638. The molecule has 0 saturated heterocycles. The number of nitrogens with zero attached hydrogens (tertiary/aromatic N) is 1. The minimum absolute atomic E-state index is 0.136. The van der Waals surface area contributed by atoms with Crippen molar-refractivity contribution in [3.05, 3.63) is 77.9 Å². The van der Waals surface area contributed by atoms with E-state index in [2.05, 4.69) is 5.32 Å². The van der Waals surface area contributed by atoms with Crippen LogP contribution in [-0.2, 0) is 4.79 Å². The van der Waals surface area contributed by atoms with Crippen molar-refractivity contribution in [3.63, 3.8) is 0 Å². The Morgan fingerprint density at radius 1 is 1.06 bits per heavy atom. The molecule has 0 aliphatic carbocycles. The molecule has 1 aliphatic heterocycles. The first kappa shape index (κ1) is 22.2. The normalized spacial score (nSPS) is 14.8. The van der Waals surface area contributed by atoms with E-state index in [4.69, 9.17) is 14.2 Å². The Morgan fingerprint density at radius 3 is 2.64 bits per heavy atom. The van der Waals surface area contributed by atoms with Crippen molar-refractivity contribution in [2.24, 2.45) is 0 Å². The van der Waals surface area contributed by atoms with Crippen LogP contribution in [0.4, 0.5) is 11.4 Å². The highest BCUT2D eigenvalue weighted by molar-refractivity contribution is 6.05. The van der Waals surface area contributed by atoms with Crippen molar-refractivity contribution >= 4 is 23.2 Å². The molecular formula is C26H26N2O5. The first-order chi connectivity index (χ1) is 15.9. The minimum Gasteiger partial charge on any atom is -0.497 e. The number of hydrogen-bond donors (Lipinski definition) is 1. The number of ether oxygens (including phenoxy) is 3. The van der Waals surface area contributed by atoms with E-state index in [0.29, 0.717) is 41.6 Å². The number of hydrogen-bond acceptors (Lipinski definition) is 5. The van der Waals surface area contributed by atoms with Crippen LogP contribution in [0.2, 0.25) is 0 Å². The number of methoxy groups -OCH3 is 1. The molecule has 1 unspecified atom stereocenters. The van der Waals surface area contributed by atoms with Gasteiger partial charge in [-0.3, -0.25) is 9.59 Å². The smallest absolute Gasteiger partial charge is 0.267 e. The Kier molecular flexibility index (Phi) is 6.49. The third-order valence-electron chi connectivity index (χ3n) is 5.33. The summed E-state index contributed by atoms with van der Waals surface area (Å²) in [6.45, 7) is 4.43. The van der Waals surface area contributed by atoms with Gasteiger partial charge in [0.15, 0.2) is 6.10 Å². The molecule has 7 nitrogen and oxygen atoms in total. The van der Waals surface area contributed by atoms with Gasteiger partial charge in [-0.2, -0.15) is 0 Å². The molecule has 33 heavy (non-hydrogen) atoms. The number of anilines is 2. The zero-order valence-corrected chi connectivity index (χ0v) is 18.8. The first-order valence-corrected chi connectivity index (χ1v) is 10.7. The van der Waals surface area contributed by atoms with Crippen molar-refractivity contribution < 1.29 is 23.8 Å². The van der Waals surface area contributed by atoms with Gasteiger partial charge in [0.1, 0.15) is 23.9 Å². The van der Waals surface area contributed by atoms with E-state index >= 15 is 0 Å². The van der Waals surface area contributed by atoms with Crippen LogP contribution < -0.4 is 24.4 Å². The van der Waals surface area contributed by atoms with E-state index in [1.165, 1.54) is 0 Å². The summed E-state index contributed by atoms with van der Waals surface area (Å²) >= 11 is 0. The monoisotopic (exact) mass is 446 g/mol. The van der Waals surface area contributed by atoms with Crippen LogP contribution >= 0.6 is 0 Å². The van der Waals surface area contributed by atoms with Gasteiger partial charge in [-0.25, -0.2) is 0 Å². The Hall–Kier alpha value is -4.00. The SMILES string of the molecule is COc1cccc(C(=O)Nc2ccc3c(c2)OC(C)C(=O)N3CCOc2cccc(C)c2)c1. The zero-order valence-electron chi connectivity index (χ0n) is 18.8. The van der Waals surface area contributed by atoms with E-state index in [-0.39, 0.29) is 11.8 Å². The highest BCUT2D eigenvalue weighted by Gasteiger charge is 2.31. The Balaban J connectivity index is 1.47. The van der Waals surface area contributed by atoms with Crippen molar-refractivity contribution in [1.82, 2.24) is 0 Å². The van der Waals surface area contributed by atoms with Crippen molar-refractivity contribution in [1.29, 1.82) is 0 Å². The Labute approximate surface area is 192 Å². The summed E-state index contributed by atoms with van der Waals surface area (Å²) in [6, 6.07) is 19.9. The van der Waals surface area contributed by atoms with Crippen LogP contribution in [0.25, 0.3) is 0 Å². The molecule has 1 aliphatic rings.